The van der Waals surface area contributed by atoms with E-state index in [-0.39, 0.29) is 6.03 Å². The van der Waals surface area contributed by atoms with Gasteiger partial charge in [-0.25, -0.2) is 4.79 Å². The van der Waals surface area contributed by atoms with Crippen molar-refractivity contribution in [3.05, 3.63) is 0 Å². The third-order valence-corrected chi connectivity index (χ3v) is 2.57. The van der Waals surface area contributed by atoms with Gasteiger partial charge in [-0.3, -0.25) is 4.90 Å². The molecule has 2 N–H and O–H groups in total. The summed E-state index contributed by atoms with van der Waals surface area (Å²) in [6, 6.07) is -0.317. The largest absolute Gasteiger partial charge is 0.376 e. The molecule has 1 aliphatic heterocycles. The topological polar surface area (TPSA) is 64.0 Å². The van der Waals surface area contributed by atoms with E-state index < -0.39 is 18.5 Å². The molecule has 0 saturated carbocycles. The number of hydrogen-bond acceptors (Lipinski definition) is 3. The van der Waals surface area contributed by atoms with Crippen LogP contribution in [0.2, 0.25) is 0 Å². The first kappa shape index (κ1) is 10.3. The smallest absolute Gasteiger partial charge is 0.324 e. The lowest BCUT2D eigenvalue weighted by atomic mass is 10.0. The molecule has 0 radical (unpaired) electrons. The van der Waals surface area contributed by atoms with Crippen LogP contribution in [0.3, 0.4) is 0 Å². The van der Waals surface area contributed by atoms with E-state index in [0.29, 0.717) is 6.54 Å². The average Bonchev–Trinajstić information content (AvgIpc) is 2.20. The number of amides is 2. The lowest BCUT2D eigenvalue weighted by molar-refractivity contribution is -0.0343. The van der Waals surface area contributed by atoms with Gasteiger partial charge in [-0.05, 0) is 20.8 Å². The third kappa shape index (κ3) is 1.28. The van der Waals surface area contributed by atoms with E-state index in [1.54, 1.807) is 13.8 Å². The molecule has 0 aromatic carbocycles. The minimum absolute atomic E-state index is 0.317. The summed E-state index contributed by atoms with van der Waals surface area (Å²) in [7, 11) is 0. The molecule has 1 rings (SSSR count). The van der Waals surface area contributed by atoms with Crippen LogP contribution in [-0.2, 0) is 0 Å². The highest BCUT2D eigenvalue weighted by molar-refractivity contribution is 5.78. The molecule has 1 unspecified atom stereocenters. The maximum atomic E-state index is 11.5. The number of hydrogen-bond donors (Lipinski definition) is 2. The van der Waals surface area contributed by atoms with Crippen LogP contribution in [0.4, 0.5) is 4.79 Å². The predicted octanol–water partition coefficient (Wildman–Crippen LogP) is -0.209. The van der Waals surface area contributed by atoms with E-state index in [0.717, 1.165) is 4.90 Å². The Kier molecular flexibility index (Phi) is 2.49. The summed E-state index contributed by atoms with van der Waals surface area (Å²) in [5.41, 5.74) is -0.630. The lowest BCUT2D eigenvalue weighted by Gasteiger charge is -2.30. The standard InChI is InChI=1S/C8H16N2O3/c1-4-10-7(13)9(5-11)6(12)8(10,2)3/h6,11-12H,4-5H2,1-3H3. The van der Waals surface area contributed by atoms with Crippen molar-refractivity contribution in [1.29, 1.82) is 0 Å². The van der Waals surface area contributed by atoms with Crippen molar-refractivity contribution in [1.82, 2.24) is 9.80 Å². The number of aliphatic hydroxyl groups is 2. The highest BCUT2D eigenvalue weighted by Gasteiger charge is 2.49. The Bertz CT molecular complexity index is 217. The molecule has 5 nitrogen and oxygen atoms in total. The van der Waals surface area contributed by atoms with Crippen molar-refractivity contribution in [2.24, 2.45) is 0 Å². The van der Waals surface area contributed by atoms with E-state index >= 15 is 0 Å². The minimum Gasteiger partial charge on any atom is -0.376 e. The number of carbonyl (C=O) groups excluding carboxylic acids is 1. The Labute approximate surface area is 77.6 Å². The Morgan fingerprint density at radius 2 is 2.08 bits per heavy atom. The van der Waals surface area contributed by atoms with E-state index in [2.05, 4.69) is 0 Å². The van der Waals surface area contributed by atoms with E-state index in [9.17, 15) is 9.90 Å². The fourth-order valence-electron chi connectivity index (χ4n) is 1.71. The molecular formula is C8H16N2O3. The highest BCUT2D eigenvalue weighted by atomic mass is 16.3. The molecular weight excluding hydrogens is 172 g/mol. The van der Waals surface area contributed by atoms with Crippen LogP contribution >= 0.6 is 0 Å². The Morgan fingerprint density at radius 3 is 2.31 bits per heavy atom. The van der Waals surface area contributed by atoms with Gasteiger partial charge in [0.05, 0.1) is 5.54 Å². The van der Waals surface area contributed by atoms with Gasteiger partial charge in [0.25, 0.3) is 0 Å². The van der Waals surface area contributed by atoms with Crippen molar-refractivity contribution in [2.45, 2.75) is 32.5 Å². The third-order valence-electron chi connectivity index (χ3n) is 2.57. The summed E-state index contributed by atoms with van der Waals surface area (Å²) < 4.78 is 0. The second-order valence-corrected chi connectivity index (χ2v) is 3.67. The van der Waals surface area contributed by atoms with Crippen LogP contribution in [0.25, 0.3) is 0 Å². The van der Waals surface area contributed by atoms with Gasteiger partial charge >= 0.3 is 6.03 Å². The van der Waals surface area contributed by atoms with Gasteiger partial charge in [0.2, 0.25) is 0 Å². The van der Waals surface area contributed by atoms with Crippen molar-refractivity contribution in [2.75, 3.05) is 13.3 Å². The maximum absolute atomic E-state index is 11.5. The average molecular weight is 188 g/mol. The van der Waals surface area contributed by atoms with Gasteiger partial charge in [-0.2, -0.15) is 0 Å². The van der Waals surface area contributed by atoms with Crippen LogP contribution in [-0.4, -0.2) is 51.1 Å². The summed E-state index contributed by atoms with van der Waals surface area (Å²) in [6.45, 7) is 5.47. The molecule has 0 aromatic heterocycles. The van der Waals surface area contributed by atoms with Gasteiger partial charge in [-0.1, -0.05) is 0 Å². The summed E-state index contributed by atoms with van der Waals surface area (Å²) in [4.78, 5) is 14.1. The second-order valence-electron chi connectivity index (χ2n) is 3.67. The summed E-state index contributed by atoms with van der Waals surface area (Å²) in [5, 5.41) is 18.6. The van der Waals surface area contributed by atoms with Crippen LogP contribution in [0.1, 0.15) is 20.8 Å². The summed E-state index contributed by atoms with van der Waals surface area (Å²) in [6.07, 6.45) is -0.940. The lowest BCUT2D eigenvalue weighted by Crippen LogP contribution is -2.46. The molecule has 1 saturated heterocycles. The van der Waals surface area contributed by atoms with Crippen molar-refractivity contribution in [3.63, 3.8) is 0 Å². The Morgan fingerprint density at radius 1 is 1.54 bits per heavy atom. The molecule has 1 atom stereocenters. The molecule has 1 heterocycles. The van der Waals surface area contributed by atoms with E-state index in [1.165, 1.54) is 4.90 Å². The first-order valence-electron chi connectivity index (χ1n) is 4.34. The van der Waals surface area contributed by atoms with Crippen LogP contribution in [0.5, 0.6) is 0 Å². The number of rotatable bonds is 2. The molecule has 0 aliphatic carbocycles. The van der Waals surface area contributed by atoms with Gasteiger partial charge in [0.15, 0.2) is 6.23 Å². The van der Waals surface area contributed by atoms with Gasteiger partial charge in [0.1, 0.15) is 6.73 Å². The van der Waals surface area contributed by atoms with Gasteiger partial charge < -0.3 is 15.1 Å². The van der Waals surface area contributed by atoms with E-state index in [1.807, 2.05) is 6.92 Å². The first-order chi connectivity index (χ1) is 5.96. The van der Waals surface area contributed by atoms with Crippen LogP contribution in [0, 0.1) is 0 Å². The molecule has 76 valence electrons. The molecule has 0 aromatic rings. The zero-order valence-electron chi connectivity index (χ0n) is 8.19. The van der Waals surface area contributed by atoms with Crippen molar-refractivity contribution < 1.29 is 15.0 Å². The van der Waals surface area contributed by atoms with Gasteiger partial charge in [0, 0.05) is 6.54 Å². The van der Waals surface area contributed by atoms with Crippen molar-refractivity contribution in [3.8, 4) is 0 Å². The fourth-order valence-corrected chi connectivity index (χ4v) is 1.71. The quantitative estimate of drug-likeness (QED) is 0.630. The summed E-state index contributed by atoms with van der Waals surface area (Å²) >= 11 is 0. The Hall–Kier alpha value is -0.810. The monoisotopic (exact) mass is 188 g/mol. The van der Waals surface area contributed by atoms with E-state index in [4.69, 9.17) is 5.11 Å². The van der Waals surface area contributed by atoms with Crippen LogP contribution in [0.15, 0.2) is 0 Å². The molecule has 1 aliphatic rings. The molecule has 0 bridgehead atoms. The molecule has 2 amide bonds. The molecule has 1 fully saturated rings. The number of nitrogens with zero attached hydrogens (tertiary/aromatic N) is 2. The fraction of sp³-hybridized carbons (Fsp3) is 0.875. The number of carbonyl (C=O) groups is 1. The SMILES string of the molecule is CCN1C(=O)N(CO)C(O)C1(C)C. The van der Waals surface area contributed by atoms with Gasteiger partial charge in [-0.15, -0.1) is 0 Å². The minimum atomic E-state index is -0.940. The zero-order valence-corrected chi connectivity index (χ0v) is 8.19. The normalized spacial score (nSPS) is 27.2. The molecule has 13 heavy (non-hydrogen) atoms. The summed E-state index contributed by atoms with van der Waals surface area (Å²) in [5.74, 6) is 0. The first-order valence-corrected chi connectivity index (χ1v) is 4.34. The van der Waals surface area contributed by atoms with Crippen LogP contribution < -0.4 is 0 Å². The number of urea groups is 1. The number of likely N-dealkylation sites (N-methyl/N-ethyl adjacent to an activating group) is 1. The molecule has 5 heteroatoms. The second kappa shape index (κ2) is 3.16. The zero-order chi connectivity index (χ0) is 10.2. The highest BCUT2D eigenvalue weighted by Crippen LogP contribution is 2.29. The Balaban J connectivity index is 2.96. The number of aliphatic hydroxyl groups excluding tert-OH is 2. The van der Waals surface area contributed by atoms with Crippen molar-refractivity contribution >= 4 is 6.03 Å². The maximum Gasteiger partial charge on any atom is 0.324 e. The molecule has 0 spiro atoms. The predicted molar refractivity (Wildman–Crippen MR) is 46.8 cm³/mol.